The predicted molar refractivity (Wildman–Crippen MR) is 129 cm³/mol. The van der Waals surface area contributed by atoms with Gasteiger partial charge in [-0.3, -0.25) is 4.90 Å². The second kappa shape index (κ2) is 8.32. The van der Waals surface area contributed by atoms with Gasteiger partial charge in [-0.15, -0.1) is 0 Å². The second-order valence-corrected chi connectivity index (χ2v) is 7.85. The van der Waals surface area contributed by atoms with Gasteiger partial charge in [-0.1, -0.05) is 71.9 Å². The normalized spacial score (nSPS) is 15.3. The van der Waals surface area contributed by atoms with Crippen molar-refractivity contribution in [1.29, 1.82) is 0 Å². The monoisotopic (exact) mass is 447 g/mol. The summed E-state index contributed by atoms with van der Waals surface area (Å²) < 4.78 is 3.59. The molecule has 1 aliphatic heterocycles. The van der Waals surface area contributed by atoms with Gasteiger partial charge in [0.2, 0.25) is 6.23 Å². The molecule has 8 nitrogen and oxygen atoms in total. The molecule has 0 amide bonds. The maximum atomic E-state index is 6.14. The Balaban J connectivity index is 1.55. The molecule has 3 aromatic carbocycles. The van der Waals surface area contributed by atoms with Crippen LogP contribution in [0.3, 0.4) is 0 Å². The van der Waals surface area contributed by atoms with Crippen LogP contribution in [-0.4, -0.2) is 30.4 Å². The summed E-state index contributed by atoms with van der Waals surface area (Å²) >= 11 is 0. The number of benzene rings is 3. The highest BCUT2D eigenvalue weighted by atomic mass is 16.7. The lowest BCUT2D eigenvalue weighted by atomic mass is 10.1. The van der Waals surface area contributed by atoms with Gasteiger partial charge in [0.05, 0.1) is 16.9 Å². The van der Waals surface area contributed by atoms with E-state index in [1.54, 1.807) is 11.0 Å². The van der Waals surface area contributed by atoms with Crippen molar-refractivity contribution in [3.63, 3.8) is 0 Å². The molecule has 0 bridgehead atoms. The lowest BCUT2D eigenvalue weighted by molar-refractivity contribution is 0.0862. The van der Waals surface area contributed by atoms with Crippen LogP contribution in [0, 0.1) is 6.92 Å². The molecule has 3 heterocycles. The minimum atomic E-state index is -0.547. The predicted octanol–water partition coefficient (Wildman–Crippen LogP) is 4.66. The summed E-state index contributed by atoms with van der Waals surface area (Å²) in [5, 5.41) is 13.8. The topological polar surface area (TPSA) is 73.4 Å². The Kier molecular flexibility index (Phi) is 4.88. The Morgan fingerprint density at radius 1 is 0.794 bits per heavy atom. The van der Waals surface area contributed by atoms with Crippen molar-refractivity contribution in [2.75, 3.05) is 4.90 Å². The van der Waals surface area contributed by atoms with Gasteiger partial charge < -0.3 is 4.84 Å². The molecule has 34 heavy (non-hydrogen) atoms. The zero-order valence-electron chi connectivity index (χ0n) is 18.4. The Morgan fingerprint density at radius 3 is 2.09 bits per heavy atom. The number of aromatic nitrogens is 5. The highest BCUT2D eigenvalue weighted by Crippen LogP contribution is 2.39. The molecule has 1 atom stereocenters. The van der Waals surface area contributed by atoms with E-state index in [9.17, 15) is 0 Å². The van der Waals surface area contributed by atoms with E-state index >= 15 is 0 Å². The zero-order chi connectivity index (χ0) is 22.9. The van der Waals surface area contributed by atoms with Gasteiger partial charge >= 0.3 is 0 Å². The molecule has 0 saturated heterocycles. The van der Waals surface area contributed by atoms with Crippen LogP contribution < -0.4 is 4.90 Å². The summed E-state index contributed by atoms with van der Waals surface area (Å²) in [6.07, 6.45) is 2.63. The number of aryl methyl sites for hydroxylation is 1. The van der Waals surface area contributed by atoms with Crippen LogP contribution in [-0.2, 0) is 4.84 Å². The minimum absolute atomic E-state index is 0.547. The first-order chi connectivity index (χ1) is 16.8. The average molecular weight is 448 g/mol. The van der Waals surface area contributed by atoms with Crippen molar-refractivity contribution in [2.24, 2.45) is 5.16 Å². The average Bonchev–Trinajstić information content (AvgIpc) is 3.64. The van der Waals surface area contributed by atoms with Crippen molar-refractivity contribution >= 4 is 11.5 Å². The van der Waals surface area contributed by atoms with E-state index in [4.69, 9.17) is 9.94 Å². The van der Waals surface area contributed by atoms with Crippen LogP contribution in [0.2, 0.25) is 0 Å². The number of rotatable bonds is 5. The molecular formula is C26H21N7O. The first-order valence-corrected chi connectivity index (χ1v) is 10.9. The van der Waals surface area contributed by atoms with Gasteiger partial charge in [0.15, 0.2) is 11.7 Å². The molecule has 5 aromatic rings. The standard InChI is InChI=1S/C26H21N7O/c1-19-23(25(31-18-27-17-28-31)33(29-19)22-15-9-4-10-16-22)26-32(21-13-7-3-8-14-21)24(30-34-26)20-11-5-2-6-12-20/h2-18,26H,1H3. The summed E-state index contributed by atoms with van der Waals surface area (Å²) in [4.78, 5) is 12.4. The third-order valence-electron chi connectivity index (χ3n) is 5.73. The molecular weight excluding hydrogens is 426 g/mol. The summed E-state index contributed by atoms with van der Waals surface area (Å²) in [5.41, 5.74) is 4.50. The zero-order valence-corrected chi connectivity index (χ0v) is 18.4. The lowest BCUT2D eigenvalue weighted by Gasteiger charge is -2.26. The SMILES string of the molecule is Cc1nn(-c2ccccc2)c(-n2cncn2)c1C1ON=C(c2ccccc2)N1c1ccccc1. The van der Waals surface area contributed by atoms with Gasteiger partial charge in [-0.2, -0.15) is 10.2 Å². The number of anilines is 1. The quantitative estimate of drug-likeness (QED) is 0.392. The number of nitrogens with zero attached hydrogens (tertiary/aromatic N) is 7. The van der Waals surface area contributed by atoms with Crippen molar-refractivity contribution in [3.8, 4) is 11.5 Å². The lowest BCUT2D eigenvalue weighted by Crippen LogP contribution is -2.32. The fourth-order valence-electron chi connectivity index (χ4n) is 4.21. The van der Waals surface area contributed by atoms with Gasteiger partial charge in [0.25, 0.3) is 0 Å². The highest BCUT2D eigenvalue weighted by Gasteiger charge is 2.39. The van der Waals surface area contributed by atoms with E-state index in [1.807, 2.05) is 103 Å². The second-order valence-electron chi connectivity index (χ2n) is 7.85. The van der Waals surface area contributed by atoms with E-state index in [-0.39, 0.29) is 0 Å². The van der Waals surface area contributed by atoms with E-state index < -0.39 is 6.23 Å². The van der Waals surface area contributed by atoms with Crippen molar-refractivity contribution < 1.29 is 4.84 Å². The Hall–Kier alpha value is -4.72. The van der Waals surface area contributed by atoms with Gasteiger partial charge in [0.1, 0.15) is 12.7 Å². The maximum absolute atomic E-state index is 6.14. The summed E-state index contributed by atoms with van der Waals surface area (Å²) in [6.45, 7) is 1.97. The summed E-state index contributed by atoms with van der Waals surface area (Å²) in [5.74, 6) is 1.48. The third-order valence-corrected chi connectivity index (χ3v) is 5.73. The van der Waals surface area contributed by atoms with Gasteiger partial charge in [-0.05, 0) is 31.2 Å². The molecule has 8 heteroatoms. The Morgan fingerprint density at radius 2 is 1.44 bits per heavy atom. The van der Waals surface area contributed by atoms with Crippen LogP contribution in [0.1, 0.15) is 23.0 Å². The van der Waals surface area contributed by atoms with Gasteiger partial charge in [0, 0.05) is 11.3 Å². The van der Waals surface area contributed by atoms with E-state index in [1.165, 1.54) is 6.33 Å². The molecule has 6 rings (SSSR count). The molecule has 0 saturated carbocycles. The molecule has 1 unspecified atom stereocenters. The number of hydrogen-bond donors (Lipinski definition) is 0. The summed E-state index contributed by atoms with van der Waals surface area (Å²) in [6, 6.07) is 30.1. The van der Waals surface area contributed by atoms with Crippen molar-refractivity contribution in [1.82, 2.24) is 24.5 Å². The number of hydrogen-bond acceptors (Lipinski definition) is 6. The van der Waals surface area contributed by atoms with E-state index in [0.717, 1.165) is 39.8 Å². The minimum Gasteiger partial charge on any atom is -0.363 e. The Bertz CT molecular complexity index is 1430. The van der Waals surface area contributed by atoms with E-state index in [2.05, 4.69) is 20.1 Å². The maximum Gasteiger partial charge on any atom is 0.237 e. The number of oxime groups is 1. The molecule has 2 aromatic heterocycles. The molecule has 0 N–H and O–H groups in total. The fourth-order valence-corrected chi connectivity index (χ4v) is 4.21. The number of amidine groups is 1. The smallest absolute Gasteiger partial charge is 0.237 e. The van der Waals surface area contributed by atoms with Crippen molar-refractivity contribution in [3.05, 3.63) is 120 Å². The molecule has 1 aliphatic rings. The van der Waals surface area contributed by atoms with Crippen LogP contribution >= 0.6 is 0 Å². The largest absolute Gasteiger partial charge is 0.363 e. The van der Waals surface area contributed by atoms with Crippen LogP contribution in [0.25, 0.3) is 11.5 Å². The number of para-hydroxylation sites is 2. The molecule has 0 aliphatic carbocycles. The van der Waals surface area contributed by atoms with E-state index in [0.29, 0.717) is 0 Å². The Labute approximate surface area is 196 Å². The highest BCUT2D eigenvalue weighted by molar-refractivity contribution is 6.10. The van der Waals surface area contributed by atoms with Crippen LogP contribution in [0.15, 0.2) is 109 Å². The third kappa shape index (κ3) is 3.32. The first kappa shape index (κ1) is 19.9. The van der Waals surface area contributed by atoms with Crippen LogP contribution in [0.5, 0.6) is 0 Å². The molecule has 0 spiro atoms. The molecule has 0 fully saturated rings. The first-order valence-electron chi connectivity index (χ1n) is 10.9. The fraction of sp³-hybridized carbons (Fsp3) is 0.0769. The van der Waals surface area contributed by atoms with Crippen LogP contribution in [0.4, 0.5) is 5.69 Å². The molecule has 0 radical (unpaired) electrons. The summed E-state index contributed by atoms with van der Waals surface area (Å²) in [7, 11) is 0. The van der Waals surface area contributed by atoms with Gasteiger partial charge in [-0.25, -0.2) is 14.3 Å². The van der Waals surface area contributed by atoms with Crippen molar-refractivity contribution in [2.45, 2.75) is 13.2 Å². The molecule has 166 valence electrons.